The Morgan fingerprint density at radius 3 is 2.48 bits per heavy atom. The lowest BCUT2D eigenvalue weighted by atomic mass is 10.2. The van der Waals surface area contributed by atoms with Crippen LogP contribution in [0.15, 0.2) is 12.1 Å². The van der Waals surface area contributed by atoms with Gasteiger partial charge in [0.05, 0.1) is 0 Å². The summed E-state index contributed by atoms with van der Waals surface area (Å²) in [6, 6.07) is 7.44. The average Bonchev–Trinajstić information content (AvgIpc) is 2.84. The van der Waals surface area contributed by atoms with Crippen molar-refractivity contribution in [3.8, 4) is 6.07 Å². The lowest BCUT2D eigenvalue weighted by Crippen LogP contribution is -2.52. The largest absolute Gasteiger partial charge is 0.369 e. The summed E-state index contributed by atoms with van der Waals surface area (Å²) in [7, 11) is 2.16. The number of nitrogens with zero attached hydrogens (tertiary/aromatic N) is 5. The Bertz CT molecular complexity index is 600. The van der Waals surface area contributed by atoms with Gasteiger partial charge in [-0.15, -0.1) is 0 Å². The van der Waals surface area contributed by atoms with E-state index in [-0.39, 0.29) is 0 Å². The van der Waals surface area contributed by atoms with Gasteiger partial charge < -0.3 is 20.0 Å². The third kappa shape index (κ3) is 2.75. The molecular weight excluding hydrogens is 288 g/mol. The Morgan fingerprint density at radius 2 is 1.83 bits per heavy atom. The highest BCUT2D eigenvalue weighted by Gasteiger charge is 2.37. The topological polar surface area (TPSA) is 58.4 Å². The van der Waals surface area contributed by atoms with Gasteiger partial charge in [-0.2, -0.15) is 5.26 Å². The molecule has 2 bridgehead atoms. The fourth-order valence-corrected chi connectivity index (χ4v) is 4.09. The summed E-state index contributed by atoms with van der Waals surface area (Å²) in [6.07, 6.45) is 2.44. The van der Waals surface area contributed by atoms with Crippen LogP contribution < -0.4 is 15.1 Å². The molecule has 4 rings (SSSR count). The molecule has 0 radical (unpaired) electrons. The van der Waals surface area contributed by atoms with Gasteiger partial charge in [0.15, 0.2) is 0 Å². The van der Waals surface area contributed by atoms with Gasteiger partial charge in [0, 0.05) is 63.1 Å². The van der Waals surface area contributed by atoms with E-state index in [1.807, 2.05) is 6.07 Å². The minimum absolute atomic E-state index is 0.524. The van der Waals surface area contributed by atoms with Crippen molar-refractivity contribution in [2.24, 2.45) is 0 Å². The van der Waals surface area contributed by atoms with Gasteiger partial charge in [-0.05, 0) is 26.0 Å². The number of nitrogens with one attached hydrogen (secondary N) is 1. The zero-order chi connectivity index (χ0) is 15.8. The molecule has 3 fully saturated rings. The fourth-order valence-electron chi connectivity index (χ4n) is 4.09. The van der Waals surface area contributed by atoms with Crippen LogP contribution >= 0.6 is 0 Å². The van der Waals surface area contributed by atoms with Crippen LogP contribution in [0.4, 0.5) is 11.5 Å². The molecule has 4 heterocycles. The Morgan fingerprint density at radius 1 is 1.13 bits per heavy atom. The molecule has 6 heteroatoms. The molecule has 0 aromatic carbocycles. The molecule has 0 saturated carbocycles. The average molecular weight is 312 g/mol. The summed E-state index contributed by atoms with van der Waals surface area (Å²) in [5.41, 5.74) is 1.69. The molecule has 2 unspecified atom stereocenters. The Labute approximate surface area is 137 Å². The second-order valence-electron chi connectivity index (χ2n) is 6.92. The number of pyridine rings is 1. The molecular formula is C17H24N6. The number of aromatic nitrogens is 1. The van der Waals surface area contributed by atoms with Crippen LogP contribution in [0, 0.1) is 11.3 Å². The number of anilines is 2. The molecule has 122 valence electrons. The number of piperazine rings is 2. The smallest absolute Gasteiger partial charge is 0.144 e. The maximum atomic E-state index is 9.40. The van der Waals surface area contributed by atoms with Crippen molar-refractivity contribution in [1.82, 2.24) is 15.2 Å². The van der Waals surface area contributed by atoms with Crippen molar-refractivity contribution in [2.75, 3.05) is 56.1 Å². The van der Waals surface area contributed by atoms with Crippen LogP contribution in [0.2, 0.25) is 0 Å². The molecule has 1 N–H and O–H groups in total. The minimum Gasteiger partial charge on any atom is -0.369 e. The summed E-state index contributed by atoms with van der Waals surface area (Å²) < 4.78 is 0. The van der Waals surface area contributed by atoms with Gasteiger partial charge >= 0.3 is 0 Å². The Balaban J connectivity index is 1.65. The van der Waals surface area contributed by atoms with E-state index in [0.717, 1.165) is 50.8 Å². The molecule has 23 heavy (non-hydrogen) atoms. The van der Waals surface area contributed by atoms with Crippen molar-refractivity contribution in [2.45, 2.75) is 24.9 Å². The first-order valence-corrected chi connectivity index (χ1v) is 8.59. The van der Waals surface area contributed by atoms with Gasteiger partial charge in [0.1, 0.15) is 17.6 Å². The standard InChI is InChI=1S/C17H24N6/c1-21-4-6-22(7-5-21)16-8-13(10-18)20-17(9-16)23-14-2-3-15(23)12-19-11-14/h8-9,14-15,19H,2-7,11-12H2,1H3. The van der Waals surface area contributed by atoms with Crippen LogP contribution in [0.3, 0.4) is 0 Å². The van der Waals surface area contributed by atoms with E-state index in [1.165, 1.54) is 12.8 Å². The summed E-state index contributed by atoms with van der Waals surface area (Å²) in [6.45, 7) is 6.22. The van der Waals surface area contributed by atoms with E-state index in [2.05, 4.69) is 44.2 Å². The summed E-state index contributed by atoms with van der Waals surface area (Å²) in [4.78, 5) is 11.8. The van der Waals surface area contributed by atoms with Crippen LogP contribution in [-0.4, -0.2) is 68.3 Å². The maximum Gasteiger partial charge on any atom is 0.144 e. The lowest BCUT2D eigenvalue weighted by molar-refractivity contribution is 0.313. The minimum atomic E-state index is 0.524. The Hall–Kier alpha value is -1.84. The quantitative estimate of drug-likeness (QED) is 0.865. The highest BCUT2D eigenvalue weighted by molar-refractivity contribution is 5.60. The van der Waals surface area contributed by atoms with Crippen molar-refractivity contribution < 1.29 is 0 Å². The zero-order valence-electron chi connectivity index (χ0n) is 13.7. The summed E-state index contributed by atoms with van der Waals surface area (Å²) in [5, 5.41) is 12.9. The lowest BCUT2D eigenvalue weighted by Gasteiger charge is -2.38. The SMILES string of the molecule is CN1CCN(c2cc(C#N)nc(N3C4CCC3CNC4)c2)CC1. The molecule has 1 aromatic heterocycles. The molecule has 6 nitrogen and oxygen atoms in total. The molecule has 2 atom stereocenters. The highest BCUT2D eigenvalue weighted by Crippen LogP contribution is 2.33. The first-order valence-electron chi connectivity index (χ1n) is 8.59. The zero-order valence-corrected chi connectivity index (χ0v) is 13.7. The van der Waals surface area contributed by atoms with Gasteiger partial charge in [0.2, 0.25) is 0 Å². The van der Waals surface area contributed by atoms with Crippen LogP contribution in [0.25, 0.3) is 0 Å². The van der Waals surface area contributed by atoms with E-state index in [0.29, 0.717) is 17.8 Å². The van der Waals surface area contributed by atoms with Crippen molar-refractivity contribution in [1.29, 1.82) is 5.26 Å². The van der Waals surface area contributed by atoms with E-state index < -0.39 is 0 Å². The van der Waals surface area contributed by atoms with Gasteiger partial charge in [0.25, 0.3) is 0 Å². The number of hydrogen-bond acceptors (Lipinski definition) is 6. The number of rotatable bonds is 2. The van der Waals surface area contributed by atoms with Crippen LogP contribution in [-0.2, 0) is 0 Å². The normalized spacial score (nSPS) is 28.0. The number of nitriles is 1. The molecule has 0 amide bonds. The van der Waals surface area contributed by atoms with Crippen molar-refractivity contribution in [3.63, 3.8) is 0 Å². The van der Waals surface area contributed by atoms with E-state index in [4.69, 9.17) is 0 Å². The summed E-state index contributed by atoms with van der Waals surface area (Å²) in [5.74, 6) is 0.993. The van der Waals surface area contributed by atoms with Crippen LogP contribution in [0.1, 0.15) is 18.5 Å². The number of fused-ring (bicyclic) bond motifs is 2. The molecule has 3 aliphatic heterocycles. The van der Waals surface area contributed by atoms with Gasteiger partial charge in [-0.25, -0.2) is 4.98 Å². The monoisotopic (exact) mass is 312 g/mol. The predicted octanol–water partition coefficient (Wildman–Crippen LogP) is 0.646. The number of hydrogen-bond donors (Lipinski definition) is 1. The summed E-state index contributed by atoms with van der Waals surface area (Å²) >= 11 is 0. The van der Waals surface area contributed by atoms with Crippen LogP contribution in [0.5, 0.6) is 0 Å². The Kier molecular flexibility index (Phi) is 3.83. The first kappa shape index (κ1) is 14.7. The molecule has 0 aliphatic carbocycles. The first-order chi connectivity index (χ1) is 11.2. The molecule has 0 spiro atoms. The predicted molar refractivity (Wildman–Crippen MR) is 90.8 cm³/mol. The van der Waals surface area contributed by atoms with E-state index in [9.17, 15) is 5.26 Å². The van der Waals surface area contributed by atoms with Gasteiger partial charge in [-0.1, -0.05) is 0 Å². The second-order valence-corrected chi connectivity index (χ2v) is 6.92. The fraction of sp³-hybridized carbons (Fsp3) is 0.647. The van der Waals surface area contributed by atoms with E-state index in [1.54, 1.807) is 0 Å². The highest BCUT2D eigenvalue weighted by atomic mass is 15.3. The molecule has 3 saturated heterocycles. The maximum absolute atomic E-state index is 9.40. The number of likely N-dealkylation sites (N-methyl/N-ethyl adjacent to an activating group) is 1. The molecule has 3 aliphatic rings. The van der Waals surface area contributed by atoms with E-state index >= 15 is 0 Å². The van der Waals surface area contributed by atoms with Gasteiger partial charge in [-0.3, -0.25) is 0 Å². The van der Waals surface area contributed by atoms with Crippen molar-refractivity contribution in [3.05, 3.63) is 17.8 Å². The molecule has 1 aromatic rings. The van der Waals surface area contributed by atoms with Crippen molar-refractivity contribution >= 4 is 11.5 Å². The third-order valence-electron chi connectivity index (χ3n) is 5.42. The second kappa shape index (κ2) is 5.99. The third-order valence-corrected chi connectivity index (χ3v) is 5.42.